The summed E-state index contributed by atoms with van der Waals surface area (Å²) in [4.78, 5) is 28.9. The number of carbonyl (C=O) groups excluding carboxylic acids is 1. The number of rotatable bonds is 4. The van der Waals surface area contributed by atoms with Crippen LogP contribution in [0.4, 0.5) is 0 Å². The summed E-state index contributed by atoms with van der Waals surface area (Å²) < 4.78 is 7.04. The molecule has 1 aliphatic rings. The van der Waals surface area contributed by atoms with Crippen LogP contribution < -0.4 is 11.1 Å². The van der Waals surface area contributed by atoms with E-state index in [0.29, 0.717) is 34.3 Å². The van der Waals surface area contributed by atoms with Crippen LogP contribution in [0, 0.1) is 12.8 Å². The number of amides is 1. The van der Waals surface area contributed by atoms with E-state index in [9.17, 15) is 9.59 Å². The van der Waals surface area contributed by atoms with Crippen LogP contribution in [0.1, 0.15) is 41.7 Å². The van der Waals surface area contributed by atoms with Gasteiger partial charge in [-0.2, -0.15) is 0 Å². The van der Waals surface area contributed by atoms with E-state index in [1.54, 1.807) is 23.8 Å². The molecule has 146 valence electrons. The number of hydrogen-bond acceptors (Lipinski definition) is 4. The van der Waals surface area contributed by atoms with Crippen LogP contribution in [0.25, 0.3) is 11.1 Å². The van der Waals surface area contributed by atoms with Crippen molar-refractivity contribution in [2.45, 2.75) is 45.2 Å². The first-order valence-corrected chi connectivity index (χ1v) is 9.90. The fraction of sp³-hybridized carbons (Fsp3) is 0.381. The van der Waals surface area contributed by atoms with Crippen LogP contribution in [0.5, 0.6) is 0 Å². The maximum absolute atomic E-state index is 12.5. The third-order valence-corrected chi connectivity index (χ3v) is 5.70. The van der Waals surface area contributed by atoms with Gasteiger partial charge in [-0.05, 0) is 56.7 Å². The summed E-state index contributed by atoms with van der Waals surface area (Å²) in [5.41, 5.74) is 2.65. The summed E-state index contributed by atoms with van der Waals surface area (Å²) in [5, 5.41) is 3.55. The van der Waals surface area contributed by atoms with Crippen molar-refractivity contribution in [3.8, 4) is 0 Å². The number of aromatic nitrogens is 2. The maximum Gasteiger partial charge on any atom is 0.419 e. The van der Waals surface area contributed by atoms with E-state index in [4.69, 9.17) is 16.0 Å². The third-order valence-electron chi connectivity index (χ3n) is 5.49. The summed E-state index contributed by atoms with van der Waals surface area (Å²) >= 11 is 5.97. The standard InChI is InChI=1S/C21H22ClN3O3/c1-13-17(10-15(22)11-23-13)20(26)24-16-8-6-14(7-9-16)12-25-18-4-2-3-5-19(18)28-21(25)27/h2-5,10-11,14,16H,6-9,12H2,1H3,(H,24,26)/t14-,16-. The molecule has 0 bridgehead atoms. The lowest BCUT2D eigenvalue weighted by molar-refractivity contribution is 0.0919. The maximum atomic E-state index is 12.5. The Kier molecular flexibility index (Phi) is 5.22. The zero-order valence-electron chi connectivity index (χ0n) is 15.7. The van der Waals surface area contributed by atoms with E-state index in [1.807, 2.05) is 24.3 Å². The van der Waals surface area contributed by atoms with E-state index in [0.717, 1.165) is 31.2 Å². The van der Waals surface area contributed by atoms with Gasteiger partial charge in [0.05, 0.1) is 21.8 Å². The molecule has 3 aromatic rings. The number of para-hydroxylation sites is 2. The summed E-state index contributed by atoms with van der Waals surface area (Å²) in [6.07, 6.45) is 5.20. The van der Waals surface area contributed by atoms with E-state index < -0.39 is 0 Å². The lowest BCUT2D eigenvalue weighted by Crippen LogP contribution is -2.38. The molecule has 0 aliphatic heterocycles. The smallest absolute Gasteiger partial charge is 0.408 e. The first kappa shape index (κ1) is 18.7. The molecule has 0 spiro atoms. The first-order valence-electron chi connectivity index (χ1n) is 9.52. The predicted octanol–water partition coefficient (Wildman–Crippen LogP) is 3.94. The number of aryl methyl sites for hydroxylation is 1. The van der Waals surface area contributed by atoms with Crippen molar-refractivity contribution in [1.82, 2.24) is 14.9 Å². The van der Waals surface area contributed by atoms with Gasteiger partial charge in [0, 0.05) is 18.8 Å². The Balaban J connectivity index is 1.37. The molecule has 0 unspecified atom stereocenters. The van der Waals surface area contributed by atoms with Gasteiger partial charge in [0.1, 0.15) is 0 Å². The molecule has 2 aromatic heterocycles. The minimum atomic E-state index is -0.305. The number of benzene rings is 1. The van der Waals surface area contributed by atoms with E-state index >= 15 is 0 Å². The molecule has 1 fully saturated rings. The van der Waals surface area contributed by atoms with Crippen LogP contribution in [-0.2, 0) is 6.54 Å². The highest BCUT2D eigenvalue weighted by molar-refractivity contribution is 6.30. The van der Waals surface area contributed by atoms with Crippen molar-refractivity contribution >= 4 is 28.6 Å². The van der Waals surface area contributed by atoms with Crippen LogP contribution in [0.2, 0.25) is 5.02 Å². The number of hydrogen-bond donors (Lipinski definition) is 1. The summed E-state index contributed by atoms with van der Waals surface area (Å²) in [7, 11) is 0. The average molecular weight is 400 g/mol. The number of carbonyl (C=O) groups is 1. The topological polar surface area (TPSA) is 77.1 Å². The SMILES string of the molecule is Cc1ncc(Cl)cc1C(=O)N[C@H]1CC[C@H](Cn2c(=O)oc3ccccc32)CC1. The van der Waals surface area contributed by atoms with E-state index in [2.05, 4.69) is 10.3 Å². The summed E-state index contributed by atoms with van der Waals surface area (Å²) in [6, 6.07) is 9.27. The Hall–Kier alpha value is -2.60. The van der Waals surface area contributed by atoms with Crippen LogP contribution >= 0.6 is 11.6 Å². The zero-order valence-corrected chi connectivity index (χ0v) is 16.4. The lowest BCUT2D eigenvalue weighted by Gasteiger charge is -2.29. The molecule has 2 heterocycles. The van der Waals surface area contributed by atoms with Crippen molar-refractivity contribution in [2.75, 3.05) is 0 Å². The predicted molar refractivity (Wildman–Crippen MR) is 108 cm³/mol. The Labute approximate surface area is 167 Å². The number of nitrogens with zero attached hydrogens (tertiary/aromatic N) is 2. The van der Waals surface area contributed by atoms with Crippen molar-refractivity contribution in [2.24, 2.45) is 5.92 Å². The number of fused-ring (bicyclic) bond motifs is 1. The molecule has 1 aromatic carbocycles. The molecule has 6 nitrogen and oxygen atoms in total. The van der Waals surface area contributed by atoms with Crippen molar-refractivity contribution in [1.29, 1.82) is 0 Å². The molecule has 0 atom stereocenters. The van der Waals surface area contributed by atoms with Crippen molar-refractivity contribution in [3.63, 3.8) is 0 Å². The Morgan fingerprint density at radius 1 is 1.29 bits per heavy atom. The minimum absolute atomic E-state index is 0.125. The number of halogens is 1. The molecule has 1 N–H and O–H groups in total. The van der Waals surface area contributed by atoms with Gasteiger partial charge in [-0.3, -0.25) is 14.3 Å². The normalized spacial score (nSPS) is 19.6. The highest BCUT2D eigenvalue weighted by atomic mass is 35.5. The van der Waals surface area contributed by atoms with Crippen LogP contribution in [0.15, 0.2) is 45.7 Å². The Morgan fingerprint density at radius 3 is 2.82 bits per heavy atom. The van der Waals surface area contributed by atoms with Gasteiger partial charge in [-0.15, -0.1) is 0 Å². The van der Waals surface area contributed by atoms with Crippen LogP contribution in [-0.4, -0.2) is 21.5 Å². The molecule has 28 heavy (non-hydrogen) atoms. The van der Waals surface area contributed by atoms with Gasteiger partial charge < -0.3 is 9.73 Å². The second-order valence-electron chi connectivity index (χ2n) is 7.42. The highest BCUT2D eigenvalue weighted by Gasteiger charge is 2.25. The molecular weight excluding hydrogens is 378 g/mol. The Bertz CT molecular complexity index is 1060. The fourth-order valence-electron chi connectivity index (χ4n) is 3.94. The molecule has 1 saturated carbocycles. The quantitative estimate of drug-likeness (QED) is 0.720. The third kappa shape index (κ3) is 3.83. The fourth-order valence-corrected chi connectivity index (χ4v) is 4.09. The van der Waals surface area contributed by atoms with Gasteiger partial charge in [0.25, 0.3) is 5.91 Å². The second kappa shape index (κ2) is 7.80. The zero-order chi connectivity index (χ0) is 19.7. The Morgan fingerprint density at radius 2 is 2.04 bits per heavy atom. The molecule has 1 aliphatic carbocycles. The lowest BCUT2D eigenvalue weighted by atomic mass is 9.85. The molecule has 1 amide bonds. The highest BCUT2D eigenvalue weighted by Crippen LogP contribution is 2.27. The van der Waals surface area contributed by atoms with Gasteiger partial charge in [-0.1, -0.05) is 23.7 Å². The summed E-state index contributed by atoms with van der Waals surface area (Å²) in [5.74, 6) is -0.0463. The average Bonchev–Trinajstić information content (AvgIpc) is 3.00. The van der Waals surface area contributed by atoms with Gasteiger partial charge in [0.15, 0.2) is 5.58 Å². The number of oxazole rings is 1. The van der Waals surface area contributed by atoms with Crippen molar-refractivity contribution < 1.29 is 9.21 Å². The molecular formula is C21H22ClN3O3. The van der Waals surface area contributed by atoms with Gasteiger partial charge in [-0.25, -0.2) is 4.79 Å². The van der Waals surface area contributed by atoms with E-state index in [-0.39, 0.29) is 17.7 Å². The van der Waals surface area contributed by atoms with E-state index in [1.165, 1.54) is 0 Å². The molecule has 0 radical (unpaired) electrons. The first-order chi connectivity index (χ1) is 13.5. The van der Waals surface area contributed by atoms with Crippen molar-refractivity contribution in [3.05, 3.63) is 63.4 Å². The number of nitrogens with one attached hydrogen (secondary N) is 1. The molecule has 0 saturated heterocycles. The molecule has 7 heteroatoms. The molecule has 4 rings (SSSR count). The monoisotopic (exact) mass is 399 g/mol. The van der Waals surface area contributed by atoms with Gasteiger partial charge >= 0.3 is 5.76 Å². The largest absolute Gasteiger partial charge is 0.419 e. The minimum Gasteiger partial charge on any atom is -0.408 e. The number of pyridine rings is 1. The second-order valence-corrected chi connectivity index (χ2v) is 7.86. The summed E-state index contributed by atoms with van der Waals surface area (Å²) in [6.45, 7) is 2.45. The van der Waals surface area contributed by atoms with Gasteiger partial charge in [0.2, 0.25) is 0 Å². The van der Waals surface area contributed by atoms with Crippen LogP contribution in [0.3, 0.4) is 0 Å².